The van der Waals surface area contributed by atoms with Crippen molar-refractivity contribution in [2.24, 2.45) is 0 Å². The highest BCUT2D eigenvalue weighted by molar-refractivity contribution is 9.10. The summed E-state index contributed by atoms with van der Waals surface area (Å²) in [6, 6.07) is 26.1. The van der Waals surface area contributed by atoms with Gasteiger partial charge < -0.3 is 20.1 Å². The summed E-state index contributed by atoms with van der Waals surface area (Å²) in [6.07, 6.45) is 1.47. The van der Waals surface area contributed by atoms with Gasteiger partial charge in [-0.25, -0.2) is 0 Å². The fourth-order valence-electron chi connectivity index (χ4n) is 3.89. The highest BCUT2D eigenvalue weighted by Crippen LogP contribution is 2.37. The number of carbonyl (C=O) groups is 2. The average Bonchev–Trinajstić information content (AvgIpc) is 2.92. The van der Waals surface area contributed by atoms with E-state index in [9.17, 15) is 14.9 Å². The van der Waals surface area contributed by atoms with Crippen LogP contribution >= 0.6 is 15.9 Å². The molecule has 0 radical (unpaired) electrons. The number of halogens is 1. The Balaban J connectivity index is 1.51. The number of nitrogens with zero attached hydrogens (tertiary/aromatic N) is 1. The monoisotopic (exact) mass is 583 g/mol. The van der Waals surface area contributed by atoms with E-state index < -0.39 is 5.91 Å². The number of nitriles is 1. The Morgan fingerprint density at radius 2 is 1.69 bits per heavy atom. The summed E-state index contributed by atoms with van der Waals surface area (Å²) >= 11 is 3.47. The summed E-state index contributed by atoms with van der Waals surface area (Å²) in [5, 5.41) is 17.3. The van der Waals surface area contributed by atoms with Crippen molar-refractivity contribution >= 4 is 56.0 Å². The van der Waals surface area contributed by atoms with Gasteiger partial charge in [0.15, 0.2) is 18.1 Å². The summed E-state index contributed by atoms with van der Waals surface area (Å²) in [6.45, 7) is 3.84. The molecule has 0 bridgehead atoms. The number of rotatable bonds is 9. The lowest BCUT2D eigenvalue weighted by Crippen LogP contribution is -2.21. The number of aryl methyl sites for hydroxylation is 1. The number of para-hydroxylation sites is 1. The molecule has 0 aromatic heterocycles. The molecule has 0 heterocycles. The molecule has 0 unspecified atom stereocenters. The Hall–Kier alpha value is -4.61. The normalized spacial score (nSPS) is 11.0. The van der Waals surface area contributed by atoms with Gasteiger partial charge in [0.25, 0.3) is 11.8 Å². The number of anilines is 2. The van der Waals surface area contributed by atoms with Crippen LogP contribution in [-0.2, 0) is 9.59 Å². The van der Waals surface area contributed by atoms with E-state index in [4.69, 9.17) is 9.47 Å². The number of benzene rings is 4. The third-order valence-corrected chi connectivity index (χ3v) is 6.37. The Labute approximate surface area is 235 Å². The first-order valence-electron chi connectivity index (χ1n) is 12.2. The van der Waals surface area contributed by atoms with Crippen LogP contribution < -0.4 is 20.1 Å². The Morgan fingerprint density at radius 1 is 0.949 bits per heavy atom. The number of fused-ring (bicyclic) bond motifs is 1. The molecule has 2 amide bonds. The minimum atomic E-state index is -0.532. The molecule has 8 heteroatoms. The van der Waals surface area contributed by atoms with Crippen molar-refractivity contribution in [2.45, 2.75) is 13.8 Å². The summed E-state index contributed by atoms with van der Waals surface area (Å²) in [5.41, 5.74) is 2.71. The van der Waals surface area contributed by atoms with Crippen molar-refractivity contribution in [1.29, 1.82) is 5.26 Å². The summed E-state index contributed by atoms with van der Waals surface area (Å²) < 4.78 is 12.0. The van der Waals surface area contributed by atoms with E-state index in [1.807, 2.05) is 80.6 Å². The summed E-state index contributed by atoms with van der Waals surface area (Å²) in [5.74, 6) is -0.142. The molecule has 7 nitrogen and oxygen atoms in total. The second kappa shape index (κ2) is 12.8. The van der Waals surface area contributed by atoms with Gasteiger partial charge >= 0.3 is 0 Å². The van der Waals surface area contributed by atoms with E-state index in [1.54, 1.807) is 18.2 Å². The lowest BCUT2D eigenvalue weighted by molar-refractivity contribution is -0.118. The molecule has 0 saturated carbocycles. The van der Waals surface area contributed by atoms with E-state index in [0.717, 1.165) is 16.3 Å². The van der Waals surface area contributed by atoms with Gasteiger partial charge in [-0.05, 0) is 88.1 Å². The second-order valence-electron chi connectivity index (χ2n) is 8.60. The molecule has 0 aliphatic rings. The van der Waals surface area contributed by atoms with Crippen LogP contribution in [0.5, 0.6) is 11.5 Å². The zero-order chi connectivity index (χ0) is 27.8. The van der Waals surface area contributed by atoms with E-state index >= 15 is 0 Å². The Kier molecular flexibility index (Phi) is 8.97. The largest absolute Gasteiger partial charge is 0.490 e. The van der Waals surface area contributed by atoms with E-state index in [-0.39, 0.29) is 18.1 Å². The van der Waals surface area contributed by atoms with Gasteiger partial charge in [-0.2, -0.15) is 5.26 Å². The van der Waals surface area contributed by atoms with Crippen molar-refractivity contribution in [3.63, 3.8) is 0 Å². The molecule has 2 N–H and O–H groups in total. The van der Waals surface area contributed by atoms with Crippen molar-refractivity contribution in [2.75, 3.05) is 23.8 Å². The summed E-state index contributed by atoms with van der Waals surface area (Å²) in [4.78, 5) is 25.4. The molecule has 196 valence electrons. The molecular formula is C31H26BrN3O4. The lowest BCUT2D eigenvalue weighted by Gasteiger charge is -2.15. The van der Waals surface area contributed by atoms with Crippen molar-refractivity contribution in [3.8, 4) is 17.6 Å². The van der Waals surface area contributed by atoms with Crippen molar-refractivity contribution < 1.29 is 19.1 Å². The van der Waals surface area contributed by atoms with Gasteiger partial charge in [0.05, 0.1) is 11.1 Å². The fraction of sp³-hybridized carbons (Fsp3) is 0.129. The van der Waals surface area contributed by atoms with E-state index in [0.29, 0.717) is 39.5 Å². The molecule has 0 fully saturated rings. The minimum Gasteiger partial charge on any atom is -0.490 e. The van der Waals surface area contributed by atoms with Crippen LogP contribution in [0.25, 0.3) is 16.8 Å². The predicted molar refractivity (Wildman–Crippen MR) is 157 cm³/mol. The number of nitrogens with one attached hydrogen (secondary N) is 2. The molecule has 4 aromatic rings. The van der Waals surface area contributed by atoms with Crippen LogP contribution in [0.2, 0.25) is 0 Å². The molecule has 4 rings (SSSR count). The third kappa shape index (κ3) is 7.03. The number of hydrogen-bond acceptors (Lipinski definition) is 5. The first-order valence-corrected chi connectivity index (χ1v) is 13.0. The second-order valence-corrected chi connectivity index (χ2v) is 9.45. The number of amides is 2. The smallest absolute Gasteiger partial charge is 0.266 e. The van der Waals surface area contributed by atoms with E-state index in [2.05, 4.69) is 26.6 Å². The number of ether oxygens (including phenoxy) is 2. The maximum Gasteiger partial charge on any atom is 0.266 e. The standard InChI is InChI=1S/C31H26BrN3O4/c1-3-38-28-16-21(15-26(32)30(28)39-19-29(36)35-27-11-7-4-8-20(27)2)14-24(18-33)31(37)34-25-13-12-22-9-5-6-10-23(22)17-25/h4-17H,3,19H2,1-2H3,(H,34,37)(H,35,36)/b24-14+. The molecule has 0 spiro atoms. The predicted octanol–water partition coefficient (Wildman–Crippen LogP) is 6.87. The molecule has 0 aliphatic heterocycles. The zero-order valence-electron chi connectivity index (χ0n) is 21.5. The summed E-state index contributed by atoms with van der Waals surface area (Å²) in [7, 11) is 0. The Bertz CT molecular complexity index is 1610. The van der Waals surface area contributed by atoms with Gasteiger partial charge in [-0.3, -0.25) is 9.59 Å². The van der Waals surface area contributed by atoms with Gasteiger partial charge in [0.2, 0.25) is 0 Å². The first-order chi connectivity index (χ1) is 18.9. The molecule has 0 atom stereocenters. The highest BCUT2D eigenvalue weighted by atomic mass is 79.9. The van der Waals surface area contributed by atoms with Gasteiger partial charge in [-0.1, -0.05) is 48.5 Å². The van der Waals surface area contributed by atoms with Crippen LogP contribution in [0.3, 0.4) is 0 Å². The molecule has 0 saturated heterocycles. The number of carbonyl (C=O) groups excluding carboxylic acids is 2. The topological polar surface area (TPSA) is 100 Å². The van der Waals surface area contributed by atoms with Gasteiger partial charge in [0.1, 0.15) is 11.6 Å². The fourth-order valence-corrected chi connectivity index (χ4v) is 4.47. The van der Waals surface area contributed by atoms with Crippen LogP contribution in [-0.4, -0.2) is 25.0 Å². The first kappa shape index (κ1) is 27.4. The molecular weight excluding hydrogens is 558 g/mol. The molecule has 39 heavy (non-hydrogen) atoms. The van der Waals surface area contributed by atoms with Crippen molar-refractivity contribution in [3.05, 3.63) is 100 Å². The quantitative estimate of drug-likeness (QED) is 0.165. The van der Waals surface area contributed by atoms with Crippen molar-refractivity contribution in [1.82, 2.24) is 0 Å². The average molecular weight is 584 g/mol. The van der Waals surface area contributed by atoms with E-state index in [1.165, 1.54) is 6.08 Å². The third-order valence-electron chi connectivity index (χ3n) is 5.78. The van der Waals surface area contributed by atoms with Crippen LogP contribution in [0, 0.1) is 18.3 Å². The minimum absolute atomic E-state index is 0.0798. The number of hydrogen-bond donors (Lipinski definition) is 2. The van der Waals surface area contributed by atoms with Crippen LogP contribution in [0.15, 0.2) is 88.9 Å². The zero-order valence-corrected chi connectivity index (χ0v) is 23.0. The van der Waals surface area contributed by atoms with Gasteiger partial charge in [0, 0.05) is 11.4 Å². The van der Waals surface area contributed by atoms with Crippen LogP contribution in [0.1, 0.15) is 18.1 Å². The molecule has 0 aliphatic carbocycles. The maximum atomic E-state index is 12.9. The maximum absolute atomic E-state index is 12.9. The van der Waals surface area contributed by atoms with Crippen LogP contribution in [0.4, 0.5) is 11.4 Å². The Morgan fingerprint density at radius 3 is 2.44 bits per heavy atom. The molecule has 4 aromatic carbocycles. The van der Waals surface area contributed by atoms with Gasteiger partial charge in [-0.15, -0.1) is 0 Å². The SMILES string of the molecule is CCOc1cc(/C=C(\C#N)C(=O)Nc2ccc3ccccc3c2)cc(Br)c1OCC(=O)Nc1ccccc1C. The lowest BCUT2D eigenvalue weighted by atomic mass is 10.1. The highest BCUT2D eigenvalue weighted by Gasteiger charge is 2.16.